The molecule has 2 aromatic carbocycles. The van der Waals surface area contributed by atoms with E-state index in [9.17, 15) is 28.8 Å². The Kier molecular flexibility index (Phi) is 14.9. The van der Waals surface area contributed by atoms with Gasteiger partial charge in [0.1, 0.15) is 11.6 Å². The van der Waals surface area contributed by atoms with E-state index in [1.165, 1.54) is 86.8 Å². The highest BCUT2D eigenvalue weighted by atomic mass is 19.1. The molecular formula is C54H52F2N8O6. The number of nitrogens with zero attached hydrogens (tertiary/aromatic N) is 7. The maximum Gasteiger partial charge on any atom is 0.259 e. The van der Waals surface area contributed by atoms with Crippen molar-refractivity contribution >= 4 is 34.9 Å². The Bertz CT molecular complexity index is 2770. The molecule has 2 aliphatic heterocycles. The van der Waals surface area contributed by atoms with Crippen LogP contribution in [0.25, 0.3) is 0 Å². The van der Waals surface area contributed by atoms with E-state index in [4.69, 9.17) is 0 Å². The first-order chi connectivity index (χ1) is 33.7. The summed E-state index contributed by atoms with van der Waals surface area (Å²) >= 11 is 0. The van der Waals surface area contributed by atoms with Gasteiger partial charge in [0.05, 0.1) is 6.54 Å². The predicted molar refractivity (Wildman–Crippen MR) is 255 cm³/mol. The second kappa shape index (κ2) is 21.4. The molecule has 4 aromatic heterocycles. The zero-order valence-electron chi connectivity index (χ0n) is 39.1. The van der Waals surface area contributed by atoms with Crippen molar-refractivity contribution in [3.63, 3.8) is 0 Å². The average Bonchev–Trinajstić information content (AvgIpc) is 3.39. The van der Waals surface area contributed by atoms with Crippen molar-refractivity contribution in [1.82, 2.24) is 40.0 Å². The van der Waals surface area contributed by atoms with Crippen molar-refractivity contribution in [2.24, 2.45) is 23.7 Å². The zero-order chi connectivity index (χ0) is 49.6. The van der Waals surface area contributed by atoms with Crippen LogP contribution in [0.4, 0.5) is 8.78 Å². The maximum atomic E-state index is 15.5. The molecule has 8 rings (SSSR count). The highest BCUT2D eigenvalue weighted by Crippen LogP contribution is 2.44. The summed E-state index contributed by atoms with van der Waals surface area (Å²) in [4.78, 5) is 109. The molecule has 0 bridgehead atoms. The molecule has 70 heavy (non-hydrogen) atoms. The van der Waals surface area contributed by atoms with Gasteiger partial charge in [0.2, 0.25) is 5.91 Å². The van der Waals surface area contributed by atoms with Gasteiger partial charge in [-0.25, -0.2) is 8.78 Å². The van der Waals surface area contributed by atoms with E-state index < -0.39 is 83.2 Å². The molecule has 2 fully saturated rings. The van der Waals surface area contributed by atoms with Crippen LogP contribution in [0.5, 0.6) is 0 Å². The van der Waals surface area contributed by atoms with Gasteiger partial charge in [-0.1, -0.05) is 24.3 Å². The van der Waals surface area contributed by atoms with Gasteiger partial charge < -0.3 is 10.2 Å². The fraction of sp³-hybridized carbons (Fsp3) is 0.296. The van der Waals surface area contributed by atoms with Crippen molar-refractivity contribution < 1.29 is 37.5 Å². The van der Waals surface area contributed by atoms with Crippen LogP contribution >= 0.6 is 0 Å². The fourth-order valence-corrected chi connectivity index (χ4v) is 10.2. The third-order valence-corrected chi connectivity index (χ3v) is 13.7. The van der Waals surface area contributed by atoms with E-state index in [1.807, 2.05) is 0 Å². The van der Waals surface area contributed by atoms with Crippen LogP contribution in [0.2, 0.25) is 0 Å². The van der Waals surface area contributed by atoms with E-state index in [0.717, 1.165) is 0 Å². The van der Waals surface area contributed by atoms with Crippen LogP contribution < -0.4 is 5.32 Å². The zero-order valence-corrected chi connectivity index (χ0v) is 39.1. The normalized spacial score (nSPS) is 21.0. The molecular weight excluding hydrogens is 895 g/mol. The number of nitrogens with one attached hydrogen (secondary N) is 1. The van der Waals surface area contributed by atoms with Crippen molar-refractivity contribution in [2.45, 2.75) is 31.8 Å². The van der Waals surface area contributed by atoms with E-state index in [1.54, 1.807) is 90.4 Å². The molecule has 358 valence electrons. The monoisotopic (exact) mass is 946 g/mol. The second-order valence-electron chi connectivity index (χ2n) is 18.2. The van der Waals surface area contributed by atoms with Crippen molar-refractivity contribution in [1.29, 1.82) is 0 Å². The lowest BCUT2D eigenvalue weighted by Crippen LogP contribution is -2.63. The first kappa shape index (κ1) is 48.9. The number of ketones is 4. The van der Waals surface area contributed by atoms with Gasteiger partial charge in [-0.3, -0.25) is 58.5 Å². The predicted octanol–water partition coefficient (Wildman–Crippen LogP) is 6.19. The number of hydrogen-bond acceptors (Lipinski definition) is 12. The number of amides is 2. The molecule has 0 radical (unpaired) electrons. The minimum absolute atomic E-state index is 0.0351. The van der Waals surface area contributed by atoms with Gasteiger partial charge in [0.25, 0.3) is 5.91 Å². The number of Topliss-reactive ketones (excluding diaryl/α,β-unsaturated/α-hetero) is 4. The lowest BCUT2D eigenvalue weighted by Gasteiger charge is -2.46. The highest BCUT2D eigenvalue weighted by Gasteiger charge is 2.50. The van der Waals surface area contributed by atoms with Crippen LogP contribution in [0, 0.1) is 49.2 Å². The molecule has 6 aromatic rings. The number of rotatable bonds is 15. The van der Waals surface area contributed by atoms with Gasteiger partial charge in [-0.15, -0.1) is 0 Å². The van der Waals surface area contributed by atoms with Crippen LogP contribution in [-0.4, -0.2) is 123 Å². The molecule has 0 aliphatic carbocycles. The number of piperidine rings is 2. The summed E-state index contributed by atoms with van der Waals surface area (Å²) in [6.45, 7) is 2.46. The Morgan fingerprint density at radius 1 is 0.557 bits per heavy atom. The molecule has 7 atom stereocenters. The second-order valence-corrected chi connectivity index (χ2v) is 18.2. The molecule has 3 unspecified atom stereocenters. The Morgan fingerprint density at radius 3 is 1.24 bits per heavy atom. The number of carbonyl (C=O) groups excluding carboxylic acids is 6. The van der Waals surface area contributed by atoms with Gasteiger partial charge >= 0.3 is 0 Å². The van der Waals surface area contributed by atoms with E-state index in [2.05, 4.69) is 25.3 Å². The minimum atomic E-state index is -1.43. The van der Waals surface area contributed by atoms with E-state index in [-0.39, 0.29) is 71.1 Å². The van der Waals surface area contributed by atoms with Crippen LogP contribution in [-0.2, 0) is 9.59 Å². The lowest BCUT2D eigenvalue weighted by atomic mass is 9.68. The summed E-state index contributed by atoms with van der Waals surface area (Å²) in [6.07, 6.45) is 10.3. The largest absolute Gasteiger partial charge is 0.346 e. The Morgan fingerprint density at radius 2 is 0.914 bits per heavy atom. The quantitative estimate of drug-likeness (QED) is 0.116. The summed E-state index contributed by atoms with van der Waals surface area (Å²) in [5.41, 5.74) is 2.49. The molecule has 16 heteroatoms. The standard InChI is InChI=1S/C54H52F2N8O6/c1-32-38(15-5-17-44(32)55)47-40(49(66)34-11-7-19-57-23-34)27-63(28-41(47)50(67)35-12-8-20-58-24-35)31-46(65)61-53(54(70)62(3)4)64-29-42(51(68)36-13-9-21-59-25-36)48(39-16-6-18-45(56)33(39)2)43(30-64)52(69)37-14-10-22-60-26-37/h5-26,40-43,47-48,53H,27-31H2,1-4H3,(H,61,65)/t40-,41+,42-,43+,47?,48?,53?. The smallest absolute Gasteiger partial charge is 0.259 e. The summed E-state index contributed by atoms with van der Waals surface area (Å²) in [6, 6.07) is 22.0. The molecule has 1 N–H and O–H groups in total. The number of likely N-dealkylation sites (N-methyl/N-ethyl adjacent to an activating group) is 1. The van der Waals surface area contributed by atoms with Crippen molar-refractivity contribution in [3.05, 3.63) is 191 Å². The first-order valence-corrected chi connectivity index (χ1v) is 23.0. The number of likely N-dealkylation sites (tertiary alicyclic amines) is 2. The average molecular weight is 947 g/mol. The summed E-state index contributed by atoms with van der Waals surface area (Å²) in [5, 5.41) is 2.91. The fourth-order valence-electron chi connectivity index (χ4n) is 10.2. The van der Waals surface area contributed by atoms with E-state index >= 15 is 8.78 Å². The third kappa shape index (κ3) is 10.2. The summed E-state index contributed by atoms with van der Waals surface area (Å²) in [5.74, 6) is -9.53. The molecule has 2 amide bonds. The number of aromatic nitrogens is 4. The molecule has 14 nitrogen and oxygen atoms in total. The molecule has 0 spiro atoms. The van der Waals surface area contributed by atoms with Gasteiger partial charge in [-0.05, 0) is 96.8 Å². The minimum Gasteiger partial charge on any atom is -0.346 e. The number of carbonyl (C=O) groups is 6. The highest BCUT2D eigenvalue weighted by molar-refractivity contribution is 6.03. The van der Waals surface area contributed by atoms with Crippen molar-refractivity contribution in [3.8, 4) is 0 Å². The number of halogens is 2. The molecule has 0 saturated carbocycles. The topological polar surface area (TPSA) is 176 Å². The number of benzene rings is 2. The number of hydrogen-bond donors (Lipinski definition) is 1. The van der Waals surface area contributed by atoms with Gasteiger partial charge in [0.15, 0.2) is 29.3 Å². The van der Waals surface area contributed by atoms with Gasteiger partial charge in [-0.2, -0.15) is 0 Å². The van der Waals surface area contributed by atoms with Gasteiger partial charge in [0, 0.05) is 148 Å². The van der Waals surface area contributed by atoms with Crippen LogP contribution in [0.3, 0.4) is 0 Å². The number of pyridine rings is 4. The summed E-state index contributed by atoms with van der Waals surface area (Å²) in [7, 11) is 3.03. The Balaban J connectivity index is 1.17. The lowest BCUT2D eigenvalue weighted by molar-refractivity contribution is -0.141. The Labute approximate surface area is 404 Å². The van der Waals surface area contributed by atoms with E-state index in [0.29, 0.717) is 11.1 Å². The maximum absolute atomic E-state index is 15.5. The Hall–Kier alpha value is -7.56. The third-order valence-electron chi connectivity index (χ3n) is 13.7. The van der Waals surface area contributed by atoms with Crippen LogP contribution in [0.15, 0.2) is 135 Å². The van der Waals surface area contributed by atoms with Crippen molar-refractivity contribution in [2.75, 3.05) is 46.8 Å². The SMILES string of the molecule is Cc1c(F)cccc1C1[C@@H](C(=O)c2cccnc2)CN(CC(=O)NC(C(=O)N(C)C)N2C[C@H](C(=O)c3cccnc3)C(c3cccc(F)c3C)[C@H](C(=O)c3cccnc3)C2)C[C@H]1C(=O)c1cccnc1. The summed E-state index contributed by atoms with van der Waals surface area (Å²) < 4.78 is 30.9. The molecule has 2 saturated heterocycles. The first-order valence-electron chi connectivity index (χ1n) is 23.0. The molecule has 6 heterocycles. The van der Waals surface area contributed by atoms with Crippen LogP contribution in [0.1, 0.15) is 75.5 Å². The molecule has 2 aliphatic rings.